The minimum Gasteiger partial charge on any atom is -0.369 e. The lowest BCUT2D eigenvalue weighted by Gasteiger charge is -2.49. The minimum absolute atomic E-state index is 0.261. The van der Waals surface area contributed by atoms with Crippen molar-refractivity contribution in [2.45, 2.75) is 75.8 Å². The molecule has 0 aromatic heterocycles. The van der Waals surface area contributed by atoms with Crippen molar-refractivity contribution in [3.63, 3.8) is 0 Å². The van der Waals surface area contributed by atoms with Crippen LogP contribution < -0.4 is 0 Å². The molecule has 4 rings (SSSR count). The van der Waals surface area contributed by atoms with Crippen molar-refractivity contribution in [3.8, 4) is 0 Å². The fourth-order valence-electron chi connectivity index (χ4n) is 4.60. The summed E-state index contributed by atoms with van der Waals surface area (Å²) in [7, 11) is 1.49. The van der Waals surface area contributed by atoms with Crippen molar-refractivity contribution in [2.24, 2.45) is 0 Å². The number of carbonyl (C=O) groups is 2. The van der Waals surface area contributed by atoms with Crippen molar-refractivity contribution >= 4 is 18.3 Å². The van der Waals surface area contributed by atoms with Gasteiger partial charge in [0.1, 0.15) is 30.6 Å². The number of β-lactam (4-membered cyclic amide) rings is 1. The van der Waals surface area contributed by atoms with Crippen molar-refractivity contribution in [2.75, 3.05) is 13.7 Å². The second-order valence-electron chi connectivity index (χ2n) is 9.22. The molecule has 8 nitrogen and oxygen atoms in total. The van der Waals surface area contributed by atoms with E-state index < -0.39 is 48.1 Å². The van der Waals surface area contributed by atoms with Crippen molar-refractivity contribution in [1.29, 1.82) is 0 Å². The molecule has 1 aromatic carbocycles. The Hall–Kier alpha value is -2.10. The molecule has 3 fully saturated rings. The van der Waals surface area contributed by atoms with Gasteiger partial charge in [-0.1, -0.05) is 42.5 Å². The first-order chi connectivity index (χ1) is 15.2. The SMILES string of the molecule is CO[C@H]1C(=O)N([C@@H](C=O)[C@H]2OC(C)(C)O[C@@H]2[C@H]2COC(C)(C)O2)[C@H]1/C=C/c1ccccc1. The Morgan fingerprint density at radius 1 is 1.09 bits per heavy atom. The molecular formula is C24H31NO7. The summed E-state index contributed by atoms with van der Waals surface area (Å²) in [4.78, 5) is 26.8. The summed E-state index contributed by atoms with van der Waals surface area (Å²) in [5.74, 6) is -1.95. The summed E-state index contributed by atoms with van der Waals surface area (Å²) in [6.07, 6.45) is 2.19. The summed E-state index contributed by atoms with van der Waals surface area (Å²) < 4.78 is 29.4. The van der Waals surface area contributed by atoms with Gasteiger partial charge in [0.15, 0.2) is 17.7 Å². The van der Waals surface area contributed by atoms with Gasteiger partial charge in [-0.2, -0.15) is 0 Å². The number of ether oxygens (including phenoxy) is 5. The van der Waals surface area contributed by atoms with E-state index in [4.69, 9.17) is 23.7 Å². The first-order valence-electron chi connectivity index (χ1n) is 10.9. The molecule has 0 radical (unpaired) electrons. The van der Waals surface area contributed by atoms with Gasteiger partial charge in [0.05, 0.1) is 12.6 Å². The molecule has 0 aliphatic carbocycles. The number of hydrogen-bond donors (Lipinski definition) is 0. The van der Waals surface area contributed by atoms with Crippen molar-refractivity contribution < 1.29 is 33.3 Å². The highest BCUT2D eigenvalue weighted by atomic mass is 16.8. The largest absolute Gasteiger partial charge is 0.369 e. The maximum Gasteiger partial charge on any atom is 0.255 e. The smallest absolute Gasteiger partial charge is 0.255 e. The van der Waals surface area contributed by atoms with Crippen LogP contribution in [0, 0.1) is 0 Å². The molecule has 3 heterocycles. The number of nitrogens with zero attached hydrogens (tertiary/aromatic N) is 1. The predicted octanol–water partition coefficient (Wildman–Crippen LogP) is 2.16. The van der Waals surface area contributed by atoms with Crippen molar-refractivity contribution in [3.05, 3.63) is 42.0 Å². The third-order valence-corrected chi connectivity index (χ3v) is 6.03. The molecular weight excluding hydrogens is 414 g/mol. The molecule has 174 valence electrons. The highest BCUT2D eigenvalue weighted by molar-refractivity contribution is 5.92. The van der Waals surface area contributed by atoms with E-state index in [1.165, 1.54) is 12.0 Å². The maximum atomic E-state index is 12.9. The van der Waals surface area contributed by atoms with Gasteiger partial charge in [-0.25, -0.2) is 0 Å². The first kappa shape index (κ1) is 23.1. The number of rotatable bonds is 7. The van der Waals surface area contributed by atoms with Gasteiger partial charge in [-0.05, 0) is 33.3 Å². The van der Waals surface area contributed by atoms with Gasteiger partial charge in [0, 0.05) is 7.11 Å². The molecule has 3 saturated heterocycles. The monoisotopic (exact) mass is 445 g/mol. The van der Waals surface area contributed by atoms with E-state index in [0.717, 1.165) is 11.8 Å². The molecule has 0 saturated carbocycles. The van der Waals surface area contributed by atoms with Crippen LogP contribution in [0.1, 0.15) is 33.3 Å². The fourth-order valence-corrected chi connectivity index (χ4v) is 4.60. The van der Waals surface area contributed by atoms with Crippen LogP contribution >= 0.6 is 0 Å². The van der Waals surface area contributed by atoms with E-state index >= 15 is 0 Å². The molecule has 0 bridgehead atoms. The third-order valence-electron chi connectivity index (χ3n) is 6.03. The number of methoxy groups -OCH3 is 1. The zero-order chi connectivity index (χ0) is 23.1. The number of aldehydes is 1. The second kappa shape index (κ2) is 8.68. The summed E-state index contributed by atoms with van der Waals surface area (Å²) in [6.45, 7) is 7.53. The Morgan fingerprint density at radius 2 is 1.81 bits per heavy atom. The van der Waals surface area contributed by atoms with Crippen molar-refractivity contribution in [1.82, 2.24) is 4.90 Å². The van der Waals surface area contributed by atoms with Gasteiger partial charge in [-0.15, -0.1) is 0 Å². The van der Waals surface area contributed by atoms with E-state index in [-0.39, 0.29) is 5.91 Å². The lowest BCUT2D eigenvalue weighted by Crippen LogP contribution is -2.71. The lowest BCUT2D eigenvalue weighted by atomic mass is 9.90. The fraction of sp³-hybridized carbons (Fsp3) is 0.583. The van der Waals surface area contributed by atoms with Gasteiger partial charge in [0.2, 0.25) is 0 Å². The predicted molar refractivity (Wildman–Crippen MR) is 115 cm³/mol. The minimum atomic E-state index is -0.934. The van der Waals surface area contributed by atoms with Crippen LogP contribution in [0.3, 0.4) is 0 Å². The molecule has 0 spiro atoms. The summed E-state index contributed by atoms with van der Waals surface area (Å²) in [5.41, 5.74) is 0.988. The molecule has 1 amide bonds. The Kier molecular flexibility index (Phi) is 6.26. The first-order valence-corrected chi connectivity index (χ1v) is 10.9. The average Bonchev–Trinajstić information content (AvgIpc) is 3.27. The molecule has 1 aromatic rings. The number of amides is 1. The zero-order valence-corrected chi connectivity index (χ0v) is 19.1. The zero-order valence-electron chi connectivity index (χ0n) is 19.1. The normalized spacial score (nSPS) is 34.6. The number of hydrogen-bond acceptors (Lipinski definition) is 7. The molecule has 3 aliphatic rings. The molecule has 0 unspecified atom stereocenters. The summed E-state index contributed by atoms with van der Waals surface area (Å²) in [6, 6.07) is 8.47. The molecule has 6 atom stereocenters. The average molecular weight is 446 g/mol. The Bertz CT molecular complexity index is 868. The van der Waals surface area contributed by atoms with E-state index in [9.17, 15) is 9.59 Å². The standard InChI is InChI=1S/C24H31NO7/c1-23(2)29-14-18(30-23)21-19(31-24(3,4)32-21)17(13-26)25-16(20(28-5)22(25)27)12-11-15-9-7-6-8-10-15/h6-13,16-21H,14H2,1-5H3/b12-11+/t16-,17-,18+,19+,20+,21+/m0/s1. The highest BCUT2D eigenvalue weighted by Gasteiger charge is 2.58. The number of carbonyl (C=O) groups excluding carboxylic acids is 2. The second-order valence-corrected chi connectivity index (χ2v) is 9.22. The van der Waals surface area contributed by atoms with E-state index in [0.29, 0.717) is 6.61 Å². The van der Waals surface area contributed by atoms with Gasteiger partial charge in [-0.3, -0.25) is 4.79 Å². The number of likely N-dealkylation sites (tertiary alicyclic amines) is 1. The maximum absolute atomic E-state index is 12.9. The quantitative estimate of drug-likeness (QED) is 0.470. The van der Waals surface area contributed by atoms with E-state index in [1.807, 2.05) is 56.3 Å². The van der Waals surface area contributed by atoms with Crippen LogP contribution in [-0.2, 0) is 33.3 Å². The van der Waals surface area contributed by atoms with Crippen LogP contribution in [0.4, 0.5) is 0 Å². The molecule has 3 aliphatic heterocycles. The Balaban J connectivity index is 1.59. The molecule has 0 N–H and O–H groups in total. The van der Waals surface area contributed by atoms with Crippen LogP contribution in [0.15, 0.2) is 36.4 Å². The van der Waals surface area contributed by atoms with Crippen LogP contribution in [0.25, 0.3) is 6.08 Å². The van der Waals surface area contributed by atoms with Crippen LogP contribution in [0.2, 0.25) is 0 Å². The summed E-state index contributed by atoms with van der Waals surface area (Å²) >= 11 is 0. The van der Waals surface area contributed by atoms with Crippen LogP contribution in [-0.4, -0.2) is 78.9 Å². The van der Waals surface area contributed by atoms with E-state index in [1.54, 1.807) is 13.8 Å². The highest BCUT2D eigenvalue weighted by Crippen LogP contribution is 2.39. The van der Waals surface area contributed by atoms with Gasteiger partial charge in [0.25, 0.3) is 5.91 Å². The van der Waals surface area contributed by atoms with E-state index in [2.05, 4.69) is 0 Å². The Labute approximate surface area is 188 Å². The number of benzene rings is 1. The van der Waals surface area contributed by atoms with Crippen LogP contribution in [0.5, 0.6) is 0 Å². The topological polar surface area (TPSA) is 83.5 Å². The summed E-state index contributed by atoms with van der Waals surface area (Å²) in [5, 5.41) is 0. The molecule has 32 heavy (non-hydrogen) atoms. The molecule has 8 heteroatoms. The van der Waals surface area contributed by atoms with Gasteiger partial charge >= 0.3 is 0 Å². The Morgan fingerprint density at radius 3 is 2.41 bits per heavy atom. The third kappa shape index (κ3) is 4.38. The lowest BCUT2D eigenvalue weighted by molar-refractivity contribution is -0.182. The van der Waals surface area contributed by atoms with Gasteiger partial charge < -0.3 is 33.4 Å².